The molecular weight excluding hydrogens is 260 g/mol. The summed E-state index contributed by atoms with van der Waals surface area (Å²) in [7, 11) is 0. The molecular formula is C16H17F2NO. The van der Waals surface area contributed by atoms with Crippen LogP contribution in [0.4, 0.5) is 8.78 Å². The van der Waals surface area contributed by atoms with E-state index in [1.807, 2.05) is 6.92 Å². The van der Waals surface area contributed by atoms with Gasteiger partial charge in [0.1, 0.15) is 24.0 Å². The van der Waals surface area contributed by atoms with Crippen LogP contribution in [0.2, 0.25) is 0 Å². The molecule has 0 heterocycles. The van der Waals surface area contributed by atoms with Crippen LogP contribution in [0, 0.1) is 11.6 Å². The molecule has 0 bridgehead atoms. The zero-order valence-corrected chi connectivity index (χ0v) is 11.3. The Morgan fingerprint density at radius 3 is 2.60 bits per heavy atom. The van der Waals surface area contributed by atoms with Crippen LogP contribution in [-0.2, 0) is 13.2 Å². The Kier molecular flexibility index (Phi) is 5.07. The lowest BCUT2D eigenvalue weighted by Crippen LogP contribution is -2.13. The highest BCUT2D eigenvalue weighted by atomic mass is 19.1. The molecule has 0 saturated carbocycles. The fraction of sp³-hybridized carbons (Fsp3) is 0.250. The molecule has 0 unspecified atom stereocenters. The van der Waals surface area contributed by atoms with E-state index in [0.29, 0.717) is 12.3 Å². The minimum Gasteiger partial charge on any atom is -0.489 e. The Hall–Kier alpha value is -1.94. The normalized spacial score (nSPS) is 10.6. The highest BCUT2D eigenvalue weighted by Crippen LogP contribution is 2.21. The van der Waals surface area contributed by atoms with Crippen LogP contribution < -0.4 is 10.1 Å². The number of ether oxygens (including phenoxy) is 1. The van der Waals surface area contributed by atoms with Crippen molar-refractivity contribution in [1.82, 2.24) is 5.32 Å². The minimum absolute atomic E-state index is 0.252. The van der Waals surface area contributed by atoms with E-state index in [1.165, 1.54) is 24.3 Å². The van der Waals surface area contributed by atoms with E-state index in [0.717, 1.165) is 17.7 Å². The lowest BCUT2D eigenvalue weighted by atomic mass is 10.2. The van der Waals surface area contributed by atoms with Gasteiger partial charge in [0.05, 0.1) is 0 Å². The van der Waals surface area contributed by atoms with Crippen molar-refractivity contribution in [2.24, 2.45) is 0 Å². The monoisotopic (exact) mass is 277 g/mol. The molecule has 0 amide bonds. The van der Waals surface area contributed by atoms with Crippen LogP contribution in [0.3, 0.4) is 0 Å². The molecule has 4 heteroatoms. The van der Waals surface area contributed by atoms with Gasteiger partial charge in [-0.1, -0.05) is 19.1 Å². The number of hydrogen-bond donors (Lipinski definition) is 1. The van der Waals surface area contributed by atoms with Gasteiger partial charge >= 0.3 is 0 Å². The molecule has 0 atom stereocenters. The Balaban J connectivity index is 2.08. The van der Waals surface area contributed by atoms with Gasteiger partial charge in [-0.05, 0) is 42.4 Å². The van der Waals surface area contributed by atoms with E-state index in [9.17, 15) is 8.78 Å². The molecule has 2 rings (SSSR count). The fourth-order valence-corrected chi connectivity index (χ4v) is 1.87. The molecule has 0 radical (unpaired) electrons. The molecule has 20 heavy (non-hydrogen) atoms. The second kappa shape index (κ2) is 7.01. The third-order valence-corrected chi connectivity index (χ3v) is 2.87. The standard InChI is InChI=1S/C16H17F2NO/c1-2-19-10-13-9-15(18)6-7-16(13)20-11-12-4-3-5-14(17)8-12/h3-9,19H,2,10-11H2,1H3. The first-order valence-electron chi connectivity index (χ1n) is 6.55. The average Bonchev–Trinajstić information content (AvgIpc) is 2.44. The SMILES string of the molecule is CCNCc1cc(F)ccc1OCc1cccc(F)c1. The molecule has 0 spiro atoms. The van der Waals surface area contributed by atoms with Crippen LogP contribution >= 0.6 is 0 Å². The van der Waals surface area contributed by atoms with E-state index >= 15 is 0 Å². The first kappa shape index (κ1) is 14.5. The summed E-state index contributed by atoms with van der Waals surface area (Å²) in [6, 6.07) is 10.6. The van der Waals surface area contributed by atoms with Crippen LogP contribution in [0.5, 0.6) is 5.75 Å². The summed E-state index contributed by atoms with van der Waals surface area (Å²) in [5.74, 6) is 0.0192. The molecule has 1 N–H and O–H groups in total. The van der Waals surface area contributed by atoms with E-state index in [4.69, 9.17) is 4.74 Å². The molecule has 0 aliphatic carbocycles. The van der Waals surface area contributed by atoms with Gasteiger partial charge in [0.25, 0.3) is 0 Å². The molecule has 0 fully saturated rings. The number of rotatable bonds is 6. The van der Waals surface area contributed by atoms with E-state index < -0.39 is 0 Å². The Morgan fingerprint density at radius 2 is 1.85 bits per heavy atom. The first-order chi connectivity index (χ1) is 9.69. The van der Waals surface area contributed by atoms with Crippen molar-refractivity contribution >= 4 is 0 Å². The van der Waals surface area contributed by atoms with E-state index in [-0.39, 0.29) is 18.2 Å². The number of hydrogen-bond acceptors (Lipinski definition) is 2. The second-order valence-corrected chi connectivity index (χ2v) is 4.45. The topological polar surface area (TPSA) is 21.3 Å². The summed E-state index contributed by atoms with van der Waals surface area (Å²) >= 11 is 0. The highest BCUT2D eigenvalue weighted by molar-refractivity contribution is 5.34. The summed E-state index contributed by atoms with van der Waals surface area (Å²) in [5.41, 5.74) is 1.49. The van der Waals surface area contributed by atoms with Crippen molar-refractivity contribution in [1.29, 1.82) is 0 Å². The van der Waals surface area contributed by atoms with Crippen LogP contribution in [0.1, 0.15) is 18.1 Å². The summed E-state index contributed by atoms with van der Waals surface area (Å²) < 4.78 is 32.0. The maximum atomic E-state index is 13.3. The summed E-state index contributed by atoms with van der Waals surface area (Å²) in [4.78, 5) is 0. The van der Waals surface area contributed by atoms with Gasteiger partial charge in [-0.2, -0.15) is 0 Å². The lowest BCUT2D eigenvalue weighted by Gasteiger charge is -2.12. The van der Waals surface area contributed by atoms with Gasteiger partial charge in [-0.25, -0.2) is 8.78 Å². The zero-order chi connectivity index (χ0) is 14.4. The van der Waals surface area contributed by atoms with Gasteiger partial charge < -0.3 is 10.1 Å². The quantitative estimate of drug-likeness (QED) is 0.870. The molecule has 2 aromatic rings. The molecule has 0 aliphatic heterocycles. The smallest absolute Gasteiger partial charge is 0.124 e. The van der Waals surface area contributed by atoms with Crippen LogP contribution in [-0.4, -0.2) is 6.54 Å². The number of benzene rings is 2. The molecule has 2 nitrogen and oxygen atoms in total. The lowest BCUT2D eigenvalue weighted by molar-refractivity contribution is 0.301. The van der Waals surface area contributed by atoms with Crippen molar-refractivity contribution in [3.8, 4) is 5.75 Å². The van der Waals surface area contributed by atoms with Crippen molar-refractivity contribution in [2.75, 3.05) is 6.54 Å². The van der Waals surface area contributed by atoms with Crippen molar-refractivity contribution in [3.63, 3.8) is 0 Å². The van der Waals surface area contributed by atoms with Crippen molar-refractivity contribution in [2.45, 2.75) is 20.1 Å². The van der Waals surface area contributed by atoms with Gasteiger partial charge in [0.2, 0.25) is 0 Å². The molecule has 2 aromatic carbocycles. The highest BCUT2D eigenvalue weighted by Gasteiger charge is 2.06. The minimum atomic E-state index is -0.295. The predicted octanol–water partition coefficient (Wildman–Crippen LogP) is 3.65. The average molecular weight is 277 g/mol. The maximum Gasteiger partial charge on any atom is 0.124 e. The number of halogens is 2. The molecule has 106 valence electrons. The number of nitrogens with one attached hydrogen (secondary N) is 1. The van der Waals surface area contributed by atoms with Crippen LogP contribution in [0.25, 0.3) is 0 Å². The van der Waals surface area contributed by atoms with Gasteiger partial charge in [0.15, 0.2) is 0 Å². The van der Waals surface area contributed by atoms with Gasteiger partial charge in [0, 0.05) is 12.1 Å². The Labute approximate surface area is 117 Å². The molecule has 0 saturated heterocycles. The summed E-state index contributed by atoms with van der Waals surface area (Å²) in [6.07, 6.45) is 0. The van der Waals surface area contributed by atoms with Crippen molar-refractivity contribution < 1.29 is 13.5 Å². The predicted molar refractivity (Wildman–Crippen MR) is 74.5 cm³/mol. The van der Waals surface area contributed by atoms with E-state index in [2.05, 4.69) is 5.32 Å². The largest absolute Gasteiger partial charge is 0.489 e. The zero-order valence-electron chi connectivity index (χ0n) is 11.3. The second-order valence-electron chi connectivity index (χ2n) is 4.45. The maximum absolute atomic E-state index is 13.3. The first-order valence-corrected chi connectivity index (χ1v) is 6.55. The van der Waals surface area contributed by atoms with Gasteiger partial charge in [-0.3, -0.25) is 0 Å². The summed E-state index contributed by atoms with van der Waals surface area (Å²) in [6.45, 7) is 3.56. The van der Waals surface area contributed by atoms with Crippen LogP contribution in [0.15, 0.2) is 42.5 Å². The Bertz CT molecular complexity index is 572. The fourth-order valence-electron chi connectivity index (χ4n) is 1.87. The Morgan fingerprint density at radius 1 is 1.05 bits per heavy atom. The third kappa shape index (κ3) is 4.03. The third-order valence-electron chi connectivity index (χ3n) is 2.87. The van der Waals surface area contributed by atoms with Gasteiger partial charge in [-0.15, -0.1) is 0 Å². The summed E-state index contributed by atoms with van der Waals surface area (Å²) in [5, 5.41) is 3.13. The van der Waals surface area contributed by atoms with E-state index in [1.54, 1.807) is 18.2 Å². The van der Waals surface area contributed by atoms with Crippen molar-refractivity contribution in [3.05, 3.63) is 65.2 Å². The molecule has 0 aliphatic rings. The molecule has 0 aromatic heterocycles.